The SMILES string of the molecule is Cc1[nH]n(C)c(=O)c1C(=O)c1cc([N+](=O)[O-])cc([N+](=O)[O-])c1. The van der Waals surface area contributed by atoms with E-state index in [2.05, 4.69) is 5.10 Å². The highest BCUT2D eigenvalue weighted by molar-refractivity contribution is 6.10. The lowest BCUT2D eigenvalue weighted by atomic mass is 10.0. The molecule has 10 nitrogen and oxygen atoms in total. The number of aryl methyl sites for hydroxylation is 2. The predicted molar refractivity (Wildman–Crippen MR) is 74.0 cm³/mol. The highest BCUT2D eigenvalue weighted by Crippen LogP contribution is 2.24. The molecule has 0 saturated carbocycles. The fourth-order valence-corrected chi connectivity index (χ4v) is 2.04. The van der Waals surface area contributed by atoms with Gasteiger partial charge in [0.15, 0.2) is 0 Å². The molecule has 0 atom stereocenters. The summed E-state index contributed by atoms with van der Waals surface area (Å²) in [4.78, 5) is 44.2. The van der Waals surface area contributed by atoms with Crippen LogP contribution < -0.4 is 5.56 Å². The van der Waals surface area contributed by atoms with Crippen LogP contribution in [0.15, 0.2) is 23.0 Å². The Morgan fingerprint density at radius 2 is 1.64 bits per heavy atom. The molecule has 2 aromatic rings. The summed E-state index contributed by atoms with van der Waals surface area (Å²) in [5.74, 6) is -0.814. The molecule has 1 heterocycles. The summed E-state index contributed by atoms with van der Waals surface area (Å²) in [6.45, 7) is 1.49. The molecule has 1 aromatic carbocycles. The Balaban J connectivity index is 2.65. The standard InChI is InChI=1S/C12H10N4O6/c1-6-10(12(18)14(2)13-6)11(17)7-3-8(15(19)20)5-9(4-7)16(21)22/h3-5,13H,1-2H3. The van der Waals surface area contributed by atoms with Crippen molar-refractivity contribution in [1.82, 2.24) is 9.78 Å². The zero-order valence-corrected chi connectivity index (χ0v) is 11.5. The van der Waals surface area contributed by atoms with Crippen molar-refractivity contribution in [1.29, 1.82) is 0 Å². The molecule has 1 N–H and O–H groups in total. The Morgan fingerprint density at radius 1 is 1.14 bits per heavy atom. The number of carbonyl (C=O) groups is 1. The minimum absolute atomic E-state index is 0.211. The second-order valence-corrected chi connectivity index (χ2v) is 4.56. The van der Waals surface area contributed by atoms with Crippen molar-refractivity contribution in [2.24, 2.45) is 7.05 Å². The van der Waals surface area contributed by atoms with Crippen molar-refractivity contribution in [2.75, 3.05) is 0 Å². The minimum atomic E-state index is -0.841. The molecule has 0 radical (unpaired) electrons. The van der Waals surface area contributed by atoms with Gasteiger partial charge in [-0.2, -0.15) is 0 Å². The lowest BCUT2D eigenvalue weighted by Crippen LogP contribution is -2.19. The molecule has 0 amide bonds. The number of carbonyl (C=O) groups excluding carboxylic acids is 1. The molecule has 0 saturated heterocycles. The van der Waals surface area contributed by atoms with Gasteiger partial charge in [0.2, 0.25) is 5.78 Å². The van der Waals surface area contributed by atoms with Gasteiger partial charge in [0.1, 0.15) is 5.56 Å². The van der Waals surface area contributed by atoms with Crippen LogP contribution in [-0.4, -0.2) is 25.4 Å². The van der Waals surface area contributed by atoms with Gasteiger partial charge < -0.3 is 0 Å². The van der Waals surface area contributed by atoms with Crippen molar-refractivity contribution < 1.29 is 14.6 Å². The van der Waals surface area contributed by atoms with E-state index < -0.39 is 32.6 Å². The molecule has 0 aliphatic carbocycles. The summed E-state index contributed by atoms with van der Waals surface area (Å²) in [6, 6.07) is 2.56. The predicted octanol–water partition coefficient (Wildman–Crippen LogP) is 1.07. The van der Waals surface area contributed by atoms with E-state index in [-0.39, 0.29) is 16.8 Å². The van der Waals surface area contributed by atoms with Crippen molar-refractivity contribution in [3.8, 4) is 0 Å². The van der Waals surface area contributed by atoms with Crippen LogP contribution >= 0.6 is 0 Å². The number of benzene rings is 1. The maximum absolute atomic E-state index is 12.4. The van der Waals surface area contributed by atoms with Gasteiger partial charge in [0.05, 0.1) is 15.9 Å². The monoisotopic (exact) mass is 306 g/mol. The molecule has 0 aliphatic rings. The Labute approximate surface area is 122 Å². The molecule has 0 fully saturated rings. The smallest absolute Gasteiger partial charge is 0.277 e. The summed E-state index contributed by atoms with van der Waals surface area (Å²) in [7, 11) is 1.40. The first kappa shape index (κ1) is 15.1. The Kier molecular flexibility index (Phi) is 3.59. The summed E-state index contributed by atoms with van der Waals surface area (Å²) in [5.41, 5.74) is -2.04. The number of H-pyrrole nitrogens is 1. The number of ketones is 1. The van der Waals surface area contributed by atoms with Crippen LogP contribution in [0.2, 0.25) is 0 Å². The number of rotatable bonds is 4. The van der Waals surface area contributed by atoms with Gasteiger partial charge in [0, 0.05) is 30.4 Å². The van der Waals surface area contributed by atoms with Gasteiger partial charge in [-0.1, -0.05) is 0 Å². The summed E-state index contributed by atoms with van der Waals surface area (Å²) in [5, 5.41) is 24.3. The van der Waals surface area contributed by atoms with Gasteiger partial charge in [-0.05, 0) is 6.92 Å². The number of non-ortho nitro benzene ring substituents is 2. The van der Waals surface area contributed by atoms with Crippen molar-refractivity contribution in [3.05, 3.63) is 65.6 Å². The first-order valence-electron chi connectivity index (χ1n) is 5.96. The summed E-state index contributed by atoms with van der Waals surface area (Å²) in [6.07, 6.45) is 0. The molecule has 114 valence electrons. The molecule has 0 bridgehead atoms. The van der Waals surface area contributed by atoms with Gasteiger partial charge in [-0.25, -0.2) is 0 Å². The molecule has 0 aliphatic heterocycles. The third-order valence-electron chi connectivity index (χ3n) is 3.04. The molecular weight excluding hydrogens is 296 g/mol. The lowest BCUT2D eigenvalue weighted by Gasteiger charge is -2.00. The fourth-order valence-electron chi connectivity index (χ4n) is 2.04. The molecule has 2 rings (SSSR count). The van der Waals surface area contributed by atoms with Crippen LogP contribution in [0.25, 0.3) is 0 Å². The van der Waals surface area contributed by atoms with Crippen LogP contribution in [-0.2, 0) is 7.05 Å². The first-order chi connectivity index (χ1) is 10.2. The highest BCUT2D eigenvalue weighted by Gasteiger charge is 2.24. The number of nitrogens with one attached hydrogen (secondary N) is 1. The van der Waals surface area contributed by atoms with Crippen LogP contribution in [0.1, 0.15) is 21.6 Å². The van der Waals surface area contributed by atoms with Crippen molar-refractivity contribution in [3.63, 3.8) is 0 Å². The third-order valence-corrected chi connectivity index (χ3v) is 3.04. The van der Waals surface area contributed by atoms with Gasteiger partial charge in [-0.3, -0.25) is 39.6 Å². The Hall–Kier alpha value is -3.30. The molecular formula is C12H10N4O6. The topological polar surface area (TPSA) is 141 Å². The highest BCUT2D eigenvalue weighted by atomic mass is 16.6. The van der Waals surface area contributed by atoms with Crippen LogP contribution in [0, 0.1) is 27.2 Å². The zero-order valence-electron chi connectivity index (χ0n) is 11.5. The van der Waals surface area contributed by atoms with E-state index in [1.165, 1.54) is 14.0 Å². The number of hydrogen-bond acceptors (Lipinski definition) is 6. The number of aromatic amines is 1. The van der Waals surface area contributed by atoms with E-state index >= 15 is 0 Å². The van der Waals surface area contributed by atoms with Gasteiger partial charge in [-0.15, -0.1) is 0 Å². The molecule has 1 aromatic heterocycles. The summed E-state index contributed by atoms with van der Waals surface area (Å²) >= 11 is 0. The van der Waals surface area contributed by atoms with Crippen LogP contribution in [0.5, 0.6) is 0 Å². The van der Waals surface area contributed by atoms with Crippen LogP contribution in [0.4, 0.5) is 11.4 Å². The molecule has 0 spiro atoms. The van der Waals surface area contributed by atoms with E-state index in [0.717, 1.165) is 22.9 Å². The lowest BCUT2D eigenvalue weighted by molar-refractivity contribution is -0.394. The number of nitro groups is 2. The Bertz CT molecular complexity index is 831. The number of nitrogens with zero attached hydrogens (tertiary/aromatic N) is 3. The molecule has 0 unspecified atom stereocenters. The number of aromatic nitrogens is 2. The molecule has 10 heteroatoms. The normalized spacial score (nSPS) is 10.5. The first-order valence-corrected chi connectivity index (χ1v) is 5.96. The Morgan fingerprint density at radius 3 is 2.00 bits per heavy atom. The van der Waals surface area contributed by atoms with Gasteiger partial charge in [0.25, 0.3) is 16.9 Å². The maximum Gasteiger partial charge on any atom is 0.277 e. The van der Waals surface area contributed by atoms with Crippen molar-refractivity contribution >= 4 is 17.2 Å². The largest absolute Gasteiger partial charge is 0.299 e. The van der Waals surface area contributed by atoms with E-state index in [9.17, 15) is 29.8 Å². The van der Waals surface area contributed by atoms with E-state index in [1.807, 2.05) is 0 Å². The van der Waals surface area contributed by atoms with Gasteiger partial charge >= 0.3 is 0 Å². The van der Waals surface area contributed by atoms with Crippen LogP contribution in [0.3, 0.4) is 0 Å². The quantitative estimate of drug-likeness (QED) is 0.508. The van der Waals surface area contributed by atoms with E-state index in [1.54, 1.807) is 0 Å². The zero-order chi connectivity index (χ0) is 16.6. The summed E-state index contributed by atoms with van der Waals surface area (Å²) < 4.78 is 1.08. The van der Waals surface area contributed by atoms with E-state index in [4.69, 9.17) is 0 Å². The molecule has 22 heavy (non-hydrogen) atoms. The third kappa shape index (κ3) is 2.49. The maximum atomic E-state index is 12.4. The average Bonchev–Trinajstić information content (AvgIpc) is 2.70. The number of hydrogen-bond donors (Lipinski definition) is 1. The second-order valence-electron chi connectivity index (χ2n) is 4.56. The van der Waals surface area contributed by atoms with E-state index in [0.29, 0.717) is 0 Å². The average molecular weight is 306 g/mol. The van der Waals surface area contributed by atoms with Crippen molar-refractivity contribution in [2.45, 2.75) is 6.92 Å². The fraction of sp³-hybridized carbons (Fsp3) is 0.167. The second kappa shape index (κ2) is 5.24. The minimum Gasteiger partial charge on any atom is -0.299 e. The number of nitro benzene ring substituents is 2.